The molecule has 2 aromatic rings. The maximum atomic E-state index is 12.7. The van der Waals surface area contributed by atoms with E-state index in [4.69, 9.17) is 0 Å². The van der Waals surface area contributed by atoms with Crippen LogP contribution >= 0.6 is 11.3 Å². The van der Waals surface area contributed by atoms with Crippen LogP contribution < -0.4 is 10.2 Å². The summed E-state index contributed by atoms with van der Waals surface area (Å²) in [5.41, 5.74) is 1.06. The van der Waals surface area contributed by atoms with Gasteiger partial charge in [-0.2, -0.15) is 0 Å². The summed E-state index contributed by atoms with van der Waals surface area (Å²) in [7, 11) is 0. The predicted molar refractivity (Wildman–Crippen MR) is 107 cm³/mol. The van der Waals surface area contributed by atoms with Gasteiger partial charge in [0.25, 0.3) is 0 Å². The molecule has 2 aliphatic heterocycles. The van der Waals surface area contributed by atoms with E-state index in [1.165, 1.54) is 30.6 Å². The summed E-state index contributed by atoms with van der Waals surface area (Å²) in [4.78, 5) is 30.4. The molecule has 4 heterocycles. The van der Waals surface area contributed by atoms with E-state index < -0.39 is 0 Å². The summed E-state index contributed by atoms with van der Waals surface area (Å²) in [5, 5.41) is 5.81. The second-order valence-corrected chi connectivity index (χ2v) is 8.18. The van der Waals surface area contributed by atoms with Crippen molar-refractivity contribution < 1.29 is 4.79 Å². The lowest BCUT2D eigenvalue weighted by atomic mass is 9.97. The average molecular weight is 387 g/mol. The van der Waals surface area contributed by atoms with Crippen molar-refractivity contribution in [1.29, 1.82) is 0 Å². The fraction of sp³-hybridized carbons (Fsp3) is 0.579. The van der Waals surface area contributed by atoms with Crippen LogP contribution in [-0.4, -0.2) is 51.9 Å². The number of hydrogen-bond acceptors (Lipinski definition) is 7. The molecule has 2 aromatic heterocycles. The normalized spacial score (nSPS) is 21.2. The Balaban J connectivity index is 1.32. The number of carbonyl (C=O) groups excluding carboxylic acids is 1. The van der Waals surface area contributed by atoms with Crippen molar-refractivity contribution in [3.63, 3.8) is 0 Å². The molecular formula is C19H26N6OS. The number of thiazole rings is 1. The number of hydrogen-bond donors (Lipinski definition) is 1. The Labute approximate surface area is 163 Å². The third kappa shape index (κ3) is 4.81. The third-order valence-corrected chi connectivity index (χ3v) is 6.09. The monoisotopic (exact) mass is 386 g/mol. The topological polar surface area (TPSA) is 74.2 Å². The quantitative estimate of drug-likeness (QED) is 0.852. The second-order valence-electron chi connectivity index (χ2n) is 7.32. The number of nitrogens with one attached hydrogen (secondary N) is 1. The Bertz CT molecular complexity index is 746. The second kappa shape index (κ2) is 8.75. The predicted octanol–water partition coefficient (Wildman–Crippen LogP) is 2.77. The van der Waals surface area contributed by atoms with Gasteiger partial charge in [-0.25, -0.2) is 9.97 Å². The van der Waals surface area contributed by atoms with E-state index >= 15 is 0 Å². The van der Waals surface area contributed by atoms with Gasteiger partial charge in [0.1, 0.15) is 5.82 Å². The molecule has 2 saturated heterocycles. The number of piperidine rings is 2. The molecule has 1 unspecified atom stereocenters. The summed E-state index contributed by atoms with van der Waals surface area (Å²) in [6.07, 6.45) is 10.9. The van der Waals surface area contributed by atoms with Gasteiger partial charge in [0.2, 0.25) is 5.91 Å². The molecular weight excluding hydrogens is 360 g/mol. The molecule has 0 radical (unpaired) electrons. The minimum Gasteiger partial charge on any atom is -0.355 e. The molecule has 7 nitrogen and oxygen atoms in total. The molecule has 144 valence electrons. The molecule has 1 amide bonds. The lowest BCUT2D eigenvalue weighted by molar-refractivity contribution is -0.120. The van der Waals surface area contributed by atoms with Crippen LogP contribution in [-0.2, 0) is 11.3 Å². The Morgan fingerprint density at radius 1 is 1.19 bits per heavy atom. The van der Waals surface area contributed by atoms with E-state index in [0.29, 0.717) is 11.7 Å². The summed E-state index contributed by atoms with van der Waals surface area (Å²) in [5.74, 6) is 0.853. The van der Waals surface area contributed by atoms with E-state index in [0.717, 1.165) is 50.5 Å². The molecule has 2 fully saturated rings. The molecule has 0 spiro atoms. The van der Waals surface area contributed by atoms with Crippen LogP contribution in [0.4, 0.5) is 10.9 Å². The molecule has 27 heavy (non-hydrogen) atoms. The molecule has 0 saturated carbocycles. The van der Waals surface area contributed by atoms with Crippen LogP contribution in [0.25, 0.3) is 0 Å². The van der Waals surface area contributed by atoms with Crippen molar-refractivity contribution in [2.24, 2.45) is 5.92 Å². The zero-order chi connectivity index (χ0) is 18.5. The fourth-order valence-electron chi connectivity index (χ4n) is 3.84. The molecule has 4 rings (SSSR count). The number of aromatic nitrogens is 3. The summed E-state index contributed by atoms with van der Waals surface area (Å²) in [6, 6.07) is 0. The highest BCUT2D eigenvalue weighted by Gasteiger charge is 2.27. The molecule has 2 aliphatic rings. The first-order valence-electron chi connectivity index (χ1n) is 9.76. The van der Waals surface area contributed by atoms with E-state index in [1.807, 2.05) is 0 Å². The van der Waals surface area contributed by atoms with Crippen molar-refractivity contribution in [1.82, 2.24) is 19.9 Å². The minimum atomic E-state index is -0.0461. The Morgan fingerprint density at radius 2 is 2.07 bits per heavy atom. The van der Waals surface area contributed by atoms with E-state index in [9.17, 15) is 4.79 Å². The van der Waals surface area contributed by atoms with Crippen LogP contribution in [0.3, 0.4) is 0 Å². The summed E-state index contributed by atoms with van der Waals surface area (Å²) < 4.78 is 0. The van der Waals surface area contributed by atoms with Crippen LogP contribution in [0.2, 0.25) is 0 Å². The Hall–Kier alpha value is -2.06. The largest absolute Gasteiger partial charge is 0.355 e. The van der Waals surface area contributed by atoms with Crippen LogP contribution in [0.15, 0.2) is 24.0 Å². The lowest BCUT2D eigenvalue weighted by Gasteiger charge is -2.32. The number of amides is 1. The van der Waals surface area contributed by atoms with Crippen molar-refractivity contribution in [3.05, 3.63) is 29.7 Å². The van der Waals surface area contributed by atoms with Gasteiger partial charge in [-0.3, -0.25) is 14.7 Å². The van der Waals surface area contributed by atoms with Crippen molar-refractivity contribution in [2.45, 2.75) is 38.6 Å². The highest BCUT2D eigenvalue weighted by molar-refractivity contribution is 7.13. The highest BCUT2D eigenvalue weighted by Crippen LogP contribution is 2.24. The number of nitrogens with zero attached hydrogens (tertiary/aromatic N) is 5. The molecule has 0 bridgehead atoms. The van der Waals surface area contributed by atoms with E-state index in [-0.39, 0.29) is 11.8 Å². The van der Waals surface area contributed by atoms with Crippen LogP contribution in [0.1, 0.15) is 37.8 Å². The number of likely N-dealkylation sites (tertiary alicyclic amines) is 1. The Kier molecular flexibility index (Phi) is 5.94. The molecule has 0 aliphatic carbocycles. The zero-order valence-electron chi connectivity index (χ0n) is 15.5. The molecule has 8 heteroatoms. The lowest BCUT2D eigenvalue weighted by Crippen LogP contribution is -2.41. The van der Waals surface area contributed by atoms with Crippen LogP contribution in [0, 0.1) is 5.92 Å². The summed E-state index contributed by atoms with van der Waals surface area (Å²) in [6.45, 7) is 4.78. The third-order valence-electron chi connectivity index (χ3n) is 5.28. The van der Waals surface area contributed by atoms with Crippen molar-refractivity contribution >= 4 is 28.2 Å². The van der Waals surface area contributed by atoms with Gasteiger partial charge in [-0.15, -0.1) is 11.3 Å². The summed E-state index contributed by atoms with van der Waals surface area (Å²) >= 11 is 1.52. The molecule has 1 N–H and O–H groups in total. The number of carbonyl (C=O) groups is 1. The fourth-order valence-corrected chi connectivity index (χ4v) is 4.55. The zero-order valence-corrected chi connectivity index (χ0v) is 16.3. The molecule has 0 aromatic carbocycles. The first-order valence-corrected chi connectivity index (χ1v) is 10.6. The SMILES string of the molecule is O=C(Nc1nc(CN2CCCCC2)cs1)C1CCCN(c2cnccn2)C1. The Morgan fingerprint density at radius 3 is 2.89 bits per heavy atom. The highest BCUT2D eigenvalue weighted by atomic mass is 32.1. The van der Waals surface area contributed by atoms with Crippen molar-refractivity contribution in [2.75, 3.05) is 36.4 Å². The van der Waals surface area contributed by atoms with Crippen LogP contribution in [0.5, 0.6) is 0 Å². The average Bonchev–Trinajstić information content (AvgIpc) is 3.16. The van der Waals surface area contributed by atoms with Crippen molar-refractivity contribution in [3.8, 4) is 0 Å². The van der Waals surface area contributed by atoms with E-state index in [2.05, 4.69) is 35.4 Å². The van der Waals surface area contributed by atoms with Gasteiger partial charge >= 0.3 is 0 Å². The number of anilines is 2. The maximum absolute atomic E-state index is 12.7. The van der Waals surface area contributed by atoms with E-state index in [1.54, 1.807) is 18.6 Å². The van der Waals surface area contributed by atoms with Gasteiger partial charge in [0, 0.05) is 37.4 Å². The first kappa shape index (κ1) is 18.3. The van der Waals surface area contributed by atoms with Gasteiger partial charge in [0.15, 0.2) is 5.13 Å². The molecule has 1 atom stereocenters. The van der Waals surface area contributed by atoms with Gasteiger partial charge in [-0.05, 0) is 38.8 Å². The van der Waals surface area contributed by atoms with Gasteiger partial charge < -0.3 is 10.2 Å². The van der Waals surface area contributed by atoms with Gasteiger partial charge in [-0.1, -0.05) is 6.42 Å². The first-order chi connectivity index (χ1) is 13.3. The smallest absolute Gasteiger partial charge is 0.231 e. The maximum Gasteiger partial charge on any atom is 0.231 e. The van der Waals surface area contributed by atoms with Gasteiger partial charge in [0.05, 0.1) is 17.8 Å². The standard InChI is InChI=1S/C19H26N6OS/c26-18(15-5-4-10-25(12-15)17-11-20-6-7-21-17)23-19-22-16(14-27-19)13-24-8-2-1-3-9-24/h6-7,11,14-15H,1-5,8-10,12-13H2,(H,22,23,26). The minimum absolute atomic E-state index is 0.0461. The number of rotatable bonds is 5.